The maximum absolute atomic E-state index is 11.9. The van der Waals surface area contributed by atoms with Crippen molar-refractivity contribution >= 4 is 17.5 Å². The van der Waals surface area contributed by atoms with Gasteiger partial charge in [-0.25, -0.2) is 9.59 Å². The van der Waals surface area contributed by atoms with Crippen LogP contribution in [0.15, 0.2) is 24.5 Å². The van der Waals surface area contributed by atoms with Crippen molar-refractivity contribution in [2.75, 3.05) is 27.4 Å². The summed E-state index contributed by atoms with van der Waals surface area (Å²) in [5, 5.41) is 9.36. The third kappa shape index (κ3) is 5.41. The lowest BCUT2D eigenvalue weighted by Crippen LogP contribution is -2.35. The van der Waals surface area contributed by atoms with Gasteiger partial charge in [-0.15, -0.1) is 0 Å². The number of carbonyl (C=O) groups is 2. The van der Waals surface area contributed by atoms with Gasteiger partial charge in [0.15, 0.2) is 11.5 Å². The molecule has 0 saturated carbocycles. The second kappa shape index (κ2) is 10.6. The molecule has 1 aromatic rings. The number of benzene rings is 1. The van der Waals surface area contributed by atoms with Crippen LogP contribution in [0, 0.1) is 11.3 Å². The van der Waals surface area contributed by atoms with Crippen LogP contribution >= 0.6 is 0 Å². The minimum absolute atomic E-state index is 0.0720. The summed E-state index contributed by atoms with van der Waals surface area (Å²) in [5.41, 5.74) is 0.529. The quantitative estimate of drug-likeness (QED) is 0.284. The highest BCUT2D eigenvalue weighted by molar-refractivity contribution is 5.98. The van der Waals surface area contributed by atoms with Crippen molar-refractivity contribution in [1.29, 1.82) is 5.26 Å². The SMILES string of the molecule is CCOC(=O)C(O/C=C(/C#N)c1ccc(OC)c(OC)c1)C(=O)OCC. The third-order valence-corrected chi connectivity index (χ3v) is 3.14. The summed E-state index contributed by atoms with van der Waals surface area (Å²) in [6.45, 7) is 3.34. The first-order chi connectivity index (χ1) is 12.5. The molecule has 0 atom stereocenters. The zero-order valence-corrected chi connectivity index (χ0v) is 15.1. The second-order valence-corrected chi connectivity index (χ2v) is 4.73. The molecule has 0 unspecified atom stereocenters. The molecule has 0 saturated heterocycles. The Kier molecular flexibility index (Phi) is 8.50. The highest BCUT2D eigenvalue weighted by Gasteiger charge is 2.31. The largest absolute Gasteiger partial charge is 0.493 e. The number of nitriles is 1. The Morgan fingerprint density at radius 1 is 1.08 bits per heavy atom. The number of allylic oxidation sites excluding steroid dienone is 1. The van der Waals surface area contributed by atoms with Gasteiger partial charge in [0.1, 0.15) is 12.3 Å². The van der Waals surface area contributed by atoms with Gasteiger partial charge >= 0.3 is 11.9 Å². The number of esters is 2. The fourth-order valence-corrected chi connectivity index (χ4v) is 1.94. The number of ether oxygens (including phenoxy) is 5. The zero-order valence-electron chi connectivity index (χ0n) is 15.1. The summed E-state index contributed by atoms with van der Waals surface area (Å²) >= 11 is 0. The Labute approximate surface area is 151 Å². The number of hydrogen-bond acceptors (Lipinski definition) is 8. The topological polar surface area (TPSA) is 104 Å². The van der Waals surface area contributed by atoms with Crippen LogP contribution in [0.5, 0.6) is 11.5 Å². The maximum Gasteiger partial charge on any atom is 0.359 e. The number of carbonyl (C=O) groups excluding carboxylic acids is 2. The van der Waals surface area contributed by atoms with E-state index in [1.54, 1.807) is 32.0 Å². The normalized spacial score (nSPS) is 10.7. The molecule has 1 rings (SSSR count). The van der Waals surface area contributed by atoms with Crippen LogP contribution in [0.4, 0.5) is 0 Å². The van der Waals surface area contributed by atoms with E-state index in [-0.39, 0.29) is 18.8 Å². The van der Waals surface area contributed by atoms with Crippen molar-refractivity contribution in [3.8, 4) is 17.6 Å². The van der Waals surface area contributed by atoms with Gasteiger partial charge in [-0.2, -0.15) is 5.26 Å². The van der Waals surface area contributed by atoms with Gasteiger partial charge in [0.2, 0.25) is 0 Å². The van der Waals surface area contributed by atoms with Crippen LogP contribution in [0.3, 0.4) is 0 Å². The summed E-state index contributed by atoms with van der Waals surface area (Å²) in [5.74, 6) is -0.887. The maximum atomic E-state index is 11.9. The van der Waals surface area contributed by atoms with Gasteiger partial charge in [-0.1, -0.05) is 0 Å². The van der Waals surface area contributed by atoms with E-state index >= 15 is 0 Å². The van der Waals surface area contributed by atoms with E-state index in [1.807, 2.05) is 6.07 Å². The van der Waals surface area contributed by atoms with Crippen molar-refractivity contribution in [1.82, 2.24) is 0 Å². The molecule has 0 spiro atoms. The average molecular weight is 363 g/mol. The predicted octanol–water partition coefficient (Wildman–Crippen LogP) is 2.08. The molecule has 8 nitrogen and oxygen atoms in total. The molecular weight excluding hydrogens is 342 g/mol. The molecule has 26 heavy (non-hydrogen) atoms. The van der Waals surface area contributed by atoms with Crippen molar-refractivity contribution < 1.29 is 33.3 Å². The minimum atomic E-state index is -1.61. The molecular formula is C18H21NO7. The first kappa shape index (κ1) is 20.8. The zero-order chi connectivity index (χ0) is 19.5. The summed E-state index contributed by atoms with van der Waals surface area (Å²) < 4.78 is 25.1. The molecule has 0 aliphatic rings. The summed E-state index contributed by atoms with van der Waals surface area (Å²) in [7, 11) is 2.95. The summed E-state index contributed by atoms with van der Waals surface area (Å²) in [4.78, 5) is 23.8. The van der Waals surface area contributed by atoms with Gasteiger partial charge in [-0.05, 0) is 37.6 Å². The molecule has 0 N–H and O–H groups in total. The highest BCUT2D eigenvalue weighted by atomic mass is 16.6. The van der Waals surface area contributed by atoms with Crippen LogP contribution in [-0.4, -0.2) is 45.5 Å². The van der Waals surface area contributed by atoms with Crippen LogP contribution < -0.4 is 9.47 Å². The lowest BCUT2D eigenvalue weighted by molar-refractivity contribution is -0.168. The van der Waals surface area contributed by atoms with Gasteiger partial charge in [0, 0.05) is 0 Å². The van der Waals surface area contributed by atoms with Crippen LogP contribution in [-0.2, 0) is 23.8 Å². The minimum Gasteiger partial charge on any atom is -0.493 e. The van der Waals surface area contributed by atoms with Gasteiger partial charge < -0.3 is 23.7 Å². The molecule has 0 bridgehead atoms. The number of rotatable bonds is 9. The molecule has 0 heterocycles. The lowest BCUT2D eigenvalue weighted by atomic mass is 10.1. The van der Waals surface area contributed by atoms with E-state index < -0.39 is 18.0 Å². The Bertz CT molecular complexity index is 688. The molecule has 140 valence electrons. The standard InChI is InChI=1S/C18H21NO7/c1-5-24-17(20)16(18(21)25-6-2)26-11-13(10-19)12-7-8-14(22-3)15(9-12)23-4/h7-9,11,16H,5-6H2,1-4H3/b13-11-. The molecule has 0 radical (unpaired) electrons. The average Bonchev–Trinajstić information content (AvgIpc) is 2.65. The van der Waals surface area contributed by atoms with E-state index in [0.717, 1.165) is 6.26 Å². The highest BCUT2D eigenvalue weighted by Crippen LogP contribution is 2.30. The molecule has 0 aromatic heterocycles. The number of methoxy groups -OCH3 is 2. The van der Waals surface area contributed by atoms with E-state index in [2.05, 4.69) is 0 Å². The Morgan fingerprint density at radius 3 is 2.12 bits per heavy atom. The fraction of sp³-hybridized carbons (Fsp3) is 0.389. The van der Waals surface area contributed by atoms with Crippen molar-refractivity contribution in [2.45, 2.75) is 20.0 Å². The predicted molar refractivity (Wildman–Crippen MR) is 91.3 cm³/mol. The first-order valence-electron chi connectivity index (χ1n) is 7.83. The Morgan fingerprint density at radius 2 is 1.65 bits per heavy atom. The molecule has 1 aromatic carbocycles. The van der Waals surface area contributed by atoms with E-state index in [1.165, 1.54) is 14.2 Å². The summed E-state index contributed by atoms with van der Waals surface area (Å²) in [6.07, 6.45) is -0.599. The Hall–Kier alpha value is -3.21. The molecule has 0 amide bonds. The van der Waals surface area contributed by atoms with Gasteiger partial charge in [0.25, 0.3) is 6.10 Å². The monoisotopic (exact) mass is 363 g/mol. The van der Waals surface area contributed by atoms with E-state index in [4.69, 9.17) is 23.7 Å². The second-order valence-electron chi connectivity index (χ2n) is 4.73. The molecule has 0 aliphatic heterocycles. The fourth-order valence-electron chi connectivity index (χ4n) is 1.94. The van der Waals surface area contributed by atoms with Gasteiger partial charge in [-0.3, -0.25) is 0 Å². The molecule has 0 fully saturated rings. The number of hydrogen-bond donors (Lipinski definition) is 0. The van der Waals surface area contributed by atoms with Crippen LogP contribution in [0.1, 0.15) is 19.4 Å². The Balaban J connectivity index is 3.11. The van der Waals surface area contributed by atoms with Crippen molar-refractivity contribution in [3.63, 3.8) is 0 Å². The smallest absolute Gasteiger partial charge is 0.359 e. The van der Waals surface area contributed by atoms with E-state index in [9.17, 15) is 14.9 Å². The van der Waals surface area contributed by atoms with Crippen LogP contribution in [0.25, 0.3) is 5.57 Å². The summed E-state index contributed by atoms with van der Waals surface area (Å²) in [6, 6.07) is 6.74. The lowest BCUT2D eigenvalue weighted by Gasteiger charge is -2.14. The number of nitrogens with zero attached hydrogens (tertiary/aromatic N) is 1. The molecule has 8 heteroatoms. The van der Waals surface area contributed by atoms with Crippen molar-refractivity contribution in [2.24, 2.45) is 0 Å². The van der Waals surface area contributed by atoms with Gasteiger partial charge in [0.05, 0.1) is 33.0 Å². The molecule has 0 aliphatic carbocycles. The third-order valence-electron chi connectivity index (χ3n) is 3.14. The van der Waals surface area contributed by atoms with Crippen molar-refractivity contribution in [3.05, 3.63) is 30.0 Å². The van der Waals surface area contributed by atoms with Crippen LogP contribution in [0.2, 0.25) is 0 Å². The van der Waals surface area contributed by atoms with E-state index in [0.29, 0.717) is 17.1 Å². The first-order valence-corrected chi connectivity index (χ1v) is 7.83.